The molecule has 2 N–H and O–H groups in total. The molecule has 106 valence electrons. The summed E-state index contributed by atoms with van der Waals surface area (Å²) in [6, 6.07) is 0.156. The first-order valence-electron chi connectivity index (χ1n) is 6.72. The maximum Gasteiger partial charge on any atom is 0.353 e. The quantitative estimate of drug-likeness (QED) is 0.804. The van der Waals surface area contributed by atoms with Gasteiger partial charge in [0.05, 0.1) is 0 Å². The zero-order valence-electron chi connectivity index (χ0n) is 11.3. The molecule has 3 unspecified atom stereocenters. The van der Waals surface area contributed by atoms with Crippen LogP contribution in [0.4, 0.5) is 0 Å². The SMILES string of the molecule is CC1CC(C)CC(NC(=O)C2CC(C(=O)O)=NO2)C1. The average Bonchev–Trinajstić information content (AvgIpc) is 2.76. The first-order valence-corrected chi connectivity index (χ1v) is 6.72. The van der Waals surface area contributed by atoms with E-state index in [4.69, 9.17) is 9.94 Å². The third-order valence-electron chi connectivity index (χ3n) is 3.73. The summed E-state index contributed by atoms with van der Waals surface area (Å²) in [4.78, 5) is 27.6. The highest BCUT2D eigenvalue weighted by Gasteiger charge is 2.33. The Hall–Kier alpha value is -1.59. The fourth-order valence-corrected chi connectivity index (χ4v) is 3.00. The molecular weight excluding hydrogens is 248 g/mol. The van der Waals surface area contributed by atoms with Crippen molar-refractivity contribution in [2.45, 2.75) is 51.7 Å². The Kier molecular flexibility index (Phi) is 4.07. The molecule has 6 heteroatoms. The van der Waals surface area contributed by atoms with Crippen LogP contribution in [0.15, 0.2) is 5.16 Å². The van der Waals surface area contributed by atoms with E-state index >= 15 is 0 Å². The van der Waals surface area contributed by atoms with Gasteiger partial charge in [0.15, 0.2) is 5.71 Å². The lowest BCUT2D eigenvalue weighted by Crippen LogP contribution is -2.44. The summed E-state index contributed by atoms with van der Waals surface area (Å²) in [5, 5.41) is 15.1. The van der Waals surface area contributed by atoms with Crippen LogP contribution in [0.2, 0.25) is 0 Å². The summed E-state index contributed by atoms with van der Waals surface area (Å²) in [5.74, 6) is -0.185. The van der Waals surface area contributed by atoms with Crippen LogP contribution in [-0.4, -0.2) is 34.8 Å². The van der Waals surface area contributed by atoms with Gasteiger partial charge in [0.25, 0.3) is 5.91 Å². The number of nitrogens with zero attached hydrogens (tertiary/aromatic N) is 1. The largest absolute Gasteiger partial charge is 0.477 e. The molecule has 3 atom stereocenters. The topological polar surface area (TPSA) is 88.0 Å². The molecule has 1 fully saturated rings. The first kappa shape index (κ1) is 13.8. The van der Waals surface area contributed by atoms with E-state index in [2.05, 4.69) is 24.3 Å². The van der Waals surface area contributed by atoms with Gasteiger partial charge in [-0.2, -0.15) is 0 Å². The van der Waals surface area contributed by atoms with E-state index in [9.17, 15) is 9.59 Å². The summed E-state index contributed by atoms with van der Waals surface area (Å²) in [5.41, 5.74) is -0.0921. The summed E-state index contributed by atoms with van der Waals surface area (Å²) in [6.07, 6.45) is 2.38. The fraction of sp³-hybridized carbons (Fsp3) is 0.769. The molecular formula is C13H20N2O4. The number of amides is 1. The molecule has 1 heterocycles. The molecule has 1 amide bonds. The number of carbonyl (C=O) groups excluding carboxylic acids is 1. The van der Waals surface area contributed by atoms with Gasteiger partial charge in [-0.1, -0.05) is 19.0 Å². The molecule has 0 saturated heterocycles. The monoisotopic (exact) mass is 268 g/mol. The van der Waals surface area contributed by atoms with Crippen LogP contribution in [-0.2, 0) is 14.4 Å². The predicted octanol–water partition coefficient (Wildman–Crippen LogP) is 1.16. The standard InChI is InChI=1S/C13H20N2O4/c1-7-3-8(2)5-9(4-7)14-12(16)11-6-10(13(17)18)15-19-11/h7-9,11H,3-6H2,1-2H3,(H,14,16)(H,17,18). The number of rotatable bonds is 3. The summed E-state index contributed by atoms with van der Waals surface area (Å²) >= 11 is 0. The number of oxime groups is 1. The van der Waals surface area contributed by atoms with Crippen LogP contribution < -0.4 is 5.32 Å². The van der Waals surface area contributed by atoms with Crippen LogP contribution in [0.1, 0.15) is 39.5 Å². The Labute approximate surface area is 112 Å². The number of hydrogen-bond donors (Lipinski definition) is 2. The molecule has 1 saturated carbocycles. The minimum atomic E-state index is -1.13. The van der Waals surface area contributed by atoms with Crippen LogP contribution in [0.25, 0.3) is 0 Å². The zero-order valence-corrected chi connectivity index (χ0v) is 11.3. The van der Waals surface area contributed by atoms with Crippen molar-refractivity contribution in [1.29, 1.82) is 0 Å². The molecule has 2 aliphatic rings. The van der Waals surface area contributed by atoms with Crippen LogP contribution >= 0.6 is 0 Å². The van der Waals surface area contributed by atoms with Crippen LogP contribution in [0.3, 0.4) is 0 Å². The average molecular weight is 268 g/mol. The van der Waals surface area contributed by atoms with E-state index in [1.807, 2.05) is 0 Å². The second-order valence-electron chi connectivity index (χ2n) is 5.76. The van der Waals surface area contributed by atoms with Crippen LogP contribution in [0.5, 0.6) is 0 Å². The molecule has 0 aromatic rings. The Morgan fingerprint density at radius 1 is 1.26 bits per heavy atom. The molecule has 1 aliphatic heterocycles. The van der Waals surface area contributed by atoms with Crippen molar-refractivity contribution < 1.29 is 19.5 Å². The molecule has 19 heavy (non-hydrogen) atoms. The van der Waals surface area contributed by atoms with E-state index in [0.717, 1.165) is 12.8 Å². The molecule has 0 radical (unpaired) electrons. The maximum absolute atomic E-state index is 12.0. The number of carboxylic acid groups (broad SMARTS) is 1. The van der Waals surface area contributed by atoms with Crippen molar-refractivity contribution in [3.63, 3.8) is 0 Å². The Bertz CT molecular complexity index is 397. The summed E-state index contributed by atoms with van der Waals surface area (Å²) < 4.78 is 0. The lowest BCUT2D eigenvalue weighted by Gasteiger charge is -2.32. The summed E-state index contributed by atoms with van der Waals surface area (Å²) in [7, 11) is 0. The molecule has 0 aromatic heterocycles. The summed E-state index contributed by atoms with van der Waals surface area (Å²) in [6.45, 7) is 4.37. The van der Waals surface area contributed by atoms with Gasteiger partial charge in [-0.15, -0.1) is 0 Å². The predicted molar refractivity (Wildman–Crippen MR) is 68.7 cm³/mol. The van der Waals surface area contributed by atoms with Crippen molar-refractivity contribution in [3.05, 3.63) is 0 Å². The second kappa shape index (κ2) is 5.59. The molecule has 1 aliphatic carbocycles. The molecule has 0 aromatic carbocycles. The molecule has 2 rings (SSSR count). The third-order valence-corrected chi connectivity index (χ3v) is 3.73. The van der Waals surface area contributed by atoms with E-state index < -0.39 is 12.1 Å². The van der Waals surface area contributed by atoms with Gasteiger partial charge in [0.2, 0.25) is 6.10 Å². The molecule has 6 nitrogen and oxygen atoms in total. The van der Waals surface area contributed by atoms with Crippen LogP contribution in [0, 0.1) is 11.8 Å². The van der Waals surface area contributed by atoms with Gasteiger partial charge in [0.1, 0.15) is 0 Å². The normalized spacial score (nSPS) is 34.3. The number of nitrogens with one attached hydrogen (secondary N) is 1. The Morgan fingerprint density at radius 2 is 1.89 bits per heavy atom. The zero-order chi connectivity index (χ0) is 14.0. The number of carboxylic acids is 1. The highest BCUT2D eigenvalue weighted by atomic mass is 16.6. The number of hydrogen-bond acceptors (Lipinski definition) is 4. The highest BCUT2D eigenvalue weighted by Crippen LogP contribution is 2.28. The highest BCUT2D eigenvalue weighted by molar-refractivity contribution is 6.36. The second-order valence-corrected chi connectivity index (χ2v) is 5.76. The lowest BCUT2D eigenvalue weighted by molar-refractivity contribution is -0.132. The van der Waals surface area contributed by atoms with Crippen molar-refractivity contribution in [2.24, 2.45) is 17.0 Å². The van der Waals surface area contributed by atoms with Gasteiger partial charge in [-0.3, -0.25) is 4.79 Å². The number of carbonyl (C=O) groups is 2. The third kappa shape index (κ3) is 3.45. The van der Waals surface area contributed by atoms with Gasteiger partial charge < -0.3 is 15.3 Å². The van der Waals surface area contributed by atoms with Gasteiger partial charge in [0, 0.05) is 12.5 Å². The lowest BCUT2D eigenvalue weighted by atomic mass is 9.80. The fourth-order valence-electron chi connectivity index (χ4n) is 3.00. The smallest absolute Gasteiger partial charge is 0.353 e. The van der Waals surface area contributed by atoms with E-state index in [1.165, 1.54) is 6.42 Å². The van der Waals surface area contributed by atoms with Gasteiger partial charge in [-0.25, -0.2) is 4.79 Å². The Balaban J connectivity index is 1.84. The number of aliphatic carboxylic acids is 1. The van der Waals surface area contributed by atoms with Crippen molar-refractivity contribution >= 4 is 17.6 Å². The van der Waals surface area contributed by atoms with Gasteiger partial charge >= 0.3 is 5.97 Å². The maximum atomic E-state index is 12.0. The Morgan fingerprint density at radius 3 is 2.42 bits per heavy atom. The van der Waals surface area contributed by atoms with E-state index in [-0.39, 0.29) is 24.1 Å². The van der Waals surface area contributed by atoms with Gasteiger partial charge in [-0.05, 0) is 31.1 Å². The van der Waals surface area contributed by atoms with Crippen molar-refractivity contribution in [1.82, 2.24) is 5.32 Å². The molecule has 0 spiro atoms. The van der Waals surface area contributed by atoms with E-state index in [0.29, 0.717) is 11.8 Å². The minimum absolute atomic E-state index is 0.0407. The van der Waals surface area contributed by atoms with E-state index in [1.54, 1.807) is 0 Å². The van der Waals surface area contributed by atoms with Crippen molar-refractivity contribution in [2.75, 3.05) is 0 Å². The minimum Gasteiger partial charge on any atom is -0.477 e. The molecule has 0 bridgehead atoms. The van der Waals surface area contributed by atoms with Crippen molar-refractivity contribution in [3.8, 4) is 0 Å². The first-order chi connectivity index (χ1) is 8.95.